The average molecular weight is 277 g/mol. The minimum atomic E-state index is -3.69. The number of nitrogens with one attached hydrogen (secondary N) is 2. The van der Waals surface area contributed by atoms with Gasteiger partial charge >= 0.3 is 0 Å². The van der Waals surface area contributed by atoms with Crippen LogP contribution in [0.1, 0.15) is 5.56 Å². The van der Waals surface area contributed by atoms with Crippen LogP contribution in [0.5, 0.6) is 0 Å². The van der Waals surface area contributed by atoms with Crippen LogP contribution >= 0.6 is 0 Å². The van der Waals surface area contributed by atoms with Crippen molar-refractivity contribution in [3.8, 4) is 0 Å². The maximum atomic E-state index is 13.2. The van der Waals surface area contributed by atoms with E-state index in [4.69, 9.17) is 10.5 Å². The van der Waals surface area contributed by atoms with Gasteiger partial charge in [0.2, 0.25) is 0 Å². The van der Waals surface area contributed by atoms with E-state index in [0.717, 1.165) is 6.07 Å². The number of benzene rings is 1. The van der Waals surface area contributed by atoms with E-state index >= 15 is 0 Å². The summed E-state index contributed by atoms with van der Waals surface area (Å²) in [6, 6.07) is 3.84. The summed E-state index contributed by atoms with van der Waals surface area (Å²) in [6.07, 6.45) is 0. The number of methoxy groups -OCH3 is 1. The van der Waals surface area contributed by atoms with Crippen molar-refractivity contribution in [3.63, 3.8) is 0 Å². The molecule has 1 aromatic rings. The van der Waals surface area contributed by atoms with Gasteiger partial charge in [-0.15, -0.1) is 0 Å². The highest BCUT2D eigenvalue weighted by atomic mass is 32.2. The quantitative estimate of drug-likeness (QED) is 0.620. The van der Waals surface area contributed by atoms with Crippen molar-refractivity contribution in [2.24, 2.45) is 5.73 Å². The van der Waals surface area contributed by atoms with Crippen LogP contribution < -0.4 is 15.2 Å². The molecular weight excluding hydrogens is 261 g/mol. The molecule has 18 heavy (non-hydrogen) atoms. The van der Waals surface area contributed by atoms with E-state index < -0.39 is 16.0 Å². The van der Waals surface area contributed by atoms with Crippen molar-refractivity contribution in [1.82, 2.24) is 4.72 Å². The second kappa shape index (κ2) is 6.64. The highest BCUT2D eigenvalue weighted by Crippen LogP contribution is 2.15. The van der Waals surface area contributed by atoms with Crippen molar-refractivity contribution in [2.45, 2.75) is 6.54 Å². The van der Waals surface area contributed by atoms with Crippen LogP contribution in [0, 0.1) is 5.82 Å². The first-order chi connectivity index (χ1) is 8.48. The summed E-state index contributed by atoms with van der Waals surface area (Å²) in [5.74, 6) is -0.465. The Labute approximate surface area is 106 Å². The monoisotopic (exact) mass is 277 g/mol. The molecule has 0 radical (unpaired) electrons. The summed E-state index contributed by atoms with van der Waals surface area (Å²) in [5, 5.41) is 0. The zero-order valence-electron chi connectivity index (χ0n) is 9.94. The molecule has 6 nitrogen and oxygen atoms in total. The first kappa shape index (κ1) is 14.8. The third-order valence-electron chi connectivity index (χ3n) is 2.12. The molecule has 4 N–H and O–H groups in total. The fraction of sp³-hybridized carbons (Fsp3) is 0.400. The first-order valence-corrected chi connectivity index (χ1v) is 6.71. The lowest BCUT2D eigenvalue weighted by atomic mass is 10.2. The van der Waals surface area contributed by atoms with Gasteiger partial charge in [-0.1, -0.05) is 0 Å². The van der Waals surface area contributed by atoms with Crippen molar-refractivity contribution >= 4 is 15.9 Å². The van der Waals surface area contributed by atoms with E-state index in [0.29, 0.717) is 0 Å². The Morgan fingerprint density at radius 1 is 1.44 bits per heavy atom. The Morgan fingerprint density at radius 2 is 2.17 bits per heavy atom. The number of nitrogens with two attached hydrogens (primary N) is 1. The molecule has 0 atom stereocenters. The van der Waals surface area contributed by atoms with E-state index in [1.165, 1.54) is 19.2 Å². The van der Waals surface area contributed by atoms with Crippen LogP contribution in [0.15, 0.2) is 18.2 Å². The van der Waals surface area contributed by atoms with Gasteiger partial charge in [0.1, 0.15) is 5.82 Å². The lowest BCUT2D eigenvalue weighted by molar-refractivity contribution is 0.204. The average Bonchev–Trinajstić information content (AvgIpc) is 2.31. The summed E-state index contributed by atoms with van der Waals surface area (Å²) in [7, 11) is -2.22. The van der Waals surface area contributed by atoms with E-state index in [9.17, 15) is 12.8 Å². The van der Waals surface area contributed by atoms with Crippen LogP contribution in [-0.4, -0.2) is 28.7 Å². The number of hydrogen-bond acceptors (Lipinski definition) is 4. The lowest BCUT2D eigenvalue weighted by Gasteiger charge is -2.10. The van der Waals surface area contributed by atoms with Crippen molar-refractivity contribution in [3.05, 3.63) is 29.6 Å². The molecule has 0 fully saturated rings. The molecule has 8 heteroatoms. The molecule has 0 bridgehead atoms. The van der Waals surface area contributed by atoms with E-state index in [-0.39, 0.29) is 30.9 Å². The molecule has 0 aliphatic rings. The topological polar surface area (TPSA) is 93.4 Å². The van der Waals surface area contributed by atoms with Gasteiger partial charge in [-0.05, 0) is 18.2 Å². The fourth-order valence-corrected chi connectivity index (χ4v) is 2.13. The largest absolute Gasteiger partial charge is 0.383 e. The van der Waals surface area contributed by atoms with Gasteiger partial charge in [0.25, 0.3) is 10.2 Å². The van der Waals surface area contributed by atoms with E-state index in [1.807, 2.05) is 0 Å². The van der Waals surface area contributed by atoms with Crippen molar-refractivity contribution in [1.29, 1.82) is 0 Å². The molecule has 0 heterocycles. The van der Waals surface area contributed by atoms with Gasteiger partial charge in [0.15, 0.2) is 0 Å². The zero-order valence-corrected chi connectivity index (χ0v) is 10.8. The molecule has 1 aromatic carbocycles. The third-order valence-corrected chi connectivity index (χ3v) is 3.20. The highest BCUT2D eigenvalue weighted by molar-refractivity contribution is 7.90. The Bertz CT molecular complexity index is 493. The van der Waals surface area contributed by atoms with Crippen molar-refractivity contribution < 1.29 is 17.5 Å². The molecule has 102 valence electrons. The lowest BCUT2D eigenvalue weighted by Crippen LogP contribution is -2.32. The molecule has 0 spiro atoms. The van der Waals surface area contributed by atoms with E-state index in [2.05, 4.69) is 9.44 Å². The number of hydrogen-bond donors (Lipinski definition) is 3. The third kappa shape index (κ3) is 4.57. The highest BCUT2D eigenvalue weighted by Gasteiger charge is 2.10. The van der Waals surface area contributed by atoms with Crippen LogP contribution in [-0.2, 0) is 21.5 Å². The Hall–Kier alpha value is -1.22. The molecule has 0 aliphatic heterocycles. The second-order valence-corrected chi connectivity index (χ2v) is 5.00. The molecule has 0 aromatic heterocycles. The van der Waals surface area contributed by atoms with Gasteiger partial charge in [-0.25, -0.2) is 4.39 Å². The molecule has 0 amide bonds. The smallest absolute Gasteiger partial charge is 0.299 e. The fourth-order valence-electron chi connectivity index (χ4n) is 1.26. The van der Waals surface area contributed by atoms with Gasteiger partial charge in [-0.3, -0.25) is 4.72 Å². The van der Waals surface area contributed by atoms with Gasteiger partial charge < -0.3 is 10.5 Å². The SMILES string of the molecule is COCCNS(=O)(=O)Nc1ccc(F)c(CN)c1. The molecule has 0 aliphatic carbocycles. The van der Waals surface area contributed by atoms with Crippen LogP contribution in [0.3, 0.4) is 0 Å². The summed E-state index contributed by atoms with van der Waals surface area (Å²) < 4.78 is 45.5. The summed E-state index contributed by atoms with van der Waals surface area (Å²) in [6.45, 7) is 0.410. The maximum Gasteiger partial charge on any atom is 0.299 e. The Balaban J connectivity index is 2.72. The Kier molecular flexibility index (Phi) is 5.48. The molecule has 0 unspecified atom stereocenters. The Morgan fingerprint density at radius 3 is 2.78 bits per heavy atom. The summed E-state index contributed by atoms with van der Waals surface area (Å²) >= 11 is 0. The molecular formula is C10H16FN3O3S. The van der Waals surface area contributed by atoms with Crippen molar-refractivity contribution in [2.75, 3.05) is 25.0 Å². The molecule has 1 rings (SSSR count). The van der Waals surface area contributed by atoms with Crippen LogP contribution in [0.25, 0.3) is 0 Å². The zero-order chi connectivity index (χ0) is 13.6. The van der Waals surface area contributed by atoms with Crippen LogP contribution in [0.2, 0.25) is 0 Å². The van der Waals surface area contributed by atoms with E-state index in [1.54, 1.807) is 0 Å². The number of rotatable bonds is 7. The minimum absolute atomic E-state index is 0.00148. The molecule has 0 saturated heterocycles. The number of anilines is 1. The summed E-state index contributed by atoms with van der Waals surface area (Å²) in [4.78, 5) is 0. The number of ether oxygens (including phenoxy) is 1. The standard InChI is InChI=1S/C10H16FN3O3S/c1-17-5-4-13-18(15,16)14-9-2-3-10(11)8(6-9)7-12/h2-3,6,13-14H,4-5,7,12H2,1H3. The van der Waals surface area contributed by atoms with Crippen LogP contribution in [0.4, 0.5) is 10.1 Å². The summed E-state index contributed by atoms with van der Waals surface area (Å²) in [5.41, 5.74) is 5.83. The minimum Gasteiger partial charge on any atom is -0.383 e. The molecule has 0 saturated carbocycles. The predicted molar refractivity (Wildman–Crippen MR) is 66.7 cm³/mol. The maximum absolute atomic E-state index is 13.2. The number of halogens is 1. The normalized spacial score (nSPS) is 11.5. The second-order valence-electron chi connectivity index (χ2n) is 3.50. The van der Waals surface area contributed by atoms with Gasteiger partial charge in [0.05, 0.1) is 12.3 Å². The first-order valence-electron chi connectivity index (χ1n) is 5.23. The van der Waals surface area contributed by atoms with Gasteiger partial charge in [-0.2, -0.15) is 13.1 Å². The van der Waals surface area contributed by atoms with Gasteiger partial charge in [0, 0.05) is 25.8 Å². The predicted octanol–water partition coefficient (Wildman–Crippen LogP) is 0.177.